The molecule has 22 heavy (non-hydrogen) atoms. The Hall–Kier alpha value is -2.40. The third-order valence-corrected chi connectivity index (χ3v) is 3.29. The Balaban J connectivity index is 1.50. The third-order valence-electron chi connectivity index (χ3n) is 3.07. The van der Waals surface area contributed by atoms with E-state index < -0.39 is 0 Å². The highest BCUT2D eigenvalue weighted by molar-refractivity contribution is 6.29. The molecule has 0 fully saturated rings. The van der Waals surface area contributed by atoms with Crippen LogP contribution < -0.4 is 0 Å². The summed E-state index contributed by atoms with van der Waals surface area (Å²) in [7, 11) is 0. The summed E-state index contributed by atoms with van der Waals surface area (Å²) in [6.45, 7) is 0.177. The van der Waals surface area contributed by atoms with Crippen LogP contribution in [0.4, 0.5) is 0 Å². The zero-order valence-corrected chi connectivity index (χ0v) is 12.4. The van der Waals surface area contributed by atoms with Gasteiger partial charge in [-0.2, -0.15) is 0 Å². The molecule has 0 aliphatic heterocycles. The number of pyridine rings is 1. The number of carbonyl (C=O) groups is 1. The summed E-state index contributed by atoms with van der Waals surface area (Å²) in [6, 6.07) is 10.9. The molecule has 0 unspecified atom stereocenters. The van der Waals surface area contributed by atoms with E-state index in [-0.39, 0.29) is 19.0 Å². The van der Waals surface area contributed by atoms with Crippen LogP contribution in [0.25, 0.3) is 11.1 Å². The molecule has 0 spiro atoms. The van der Waals surface area contributed by atoms with Gasteiger partial charge in [-0.05, 0) is 18.2 Å². The van der Waals surface area contributed by atoms with E-state index in [4.69, 9.17) is 20.8 Å². The highest BCUT2D eigenvalue weighted by Crippen LogP contribution is 2.16. The first-order valence-electron chi connectivity index (χ1n) is 6.81. The van der Waals surface area contributed by atoms with Crippen molar-refractivity contribution in [2.45, 2.75) is 19.4 Å². The summed E-state index contributed by atoms with van der Waals surface area (Å²) in [4.78, 5) is 20.0. The lowest BCUT2D eigenvalue weighted by Crippen LogP contribution is -2.06. The maximum atomic E-state index is 11.7. The fraction of sp³-hybridized carbons (Fsp3) is 0.188. The summed E-state index contributed by atoms with van der Waals surface area (Å²) in [5.74, 6) is 0.225. The Bertz CT molecular complexity index is 750. The van der Waals surface area contributed by atoms with Crippen LogP contribution in [0.1, 0.15) is 17.9 Å². The molecule has 0 saturated carbocycles. The lowest BCUT2D eigenvalue weighted by Gasteiger charge is -2.03. The topological polar surface area (TPSA) is 65.2 Å². The SMILES string of the molecule is O=C(CCc1nc2ccccc2o1)OCc1ccc(Cl)nc1. The van der Waals surface area contributed by atoms with Crippen molar-refractivity contribution < 1.29 is 13.9 Å². The van der Waals surface area contributed by atoms with E-state index in [1.165, 1.54) is 0 Å². The van der Waals surface area contributed by atoms with E-state index in [0.717, 1.165) is 16.7 Å². The van der Waals surface area contributed by atoms with Crippen LogP contribution in [-0.2, 0) is 22.6 Å². The molecule has 0 radical (unpaired) electrons. The summed E-state index contributed by atoms with van der Waals surface area (Å²) in [6.07, 6.45) is 2.20. The molecule has 3 rings (SSSR count). The molecule has 3 aromatic rings. The molecule has 0 aliphatic rings. The first-order valence-corrected chi connectivity index (χ1v) is 7.19. The number of hydrogen-bond acceptors (Lipinski definition) is 5. The highest BCUT2D eigenvalue weighted by Gasteiger charge is 2.09. The van der Waals surface area contributed by atoms with Gasteiger partial charge in [0.15, 0.2) is 11.5 Å². The molecule has 5 nitrogen and oxygen atoms in total. The Morgan fingerprint density at radius 3 is 2.86 bits per heavy atom. The maximum Gasteiger partial charge on any atom is 0.306 e. The summed E-state index contributed by atoms with van der Waals surface area (Å²) < 4.78 is 10.7. The van der Waals surface area contributed by atoms with Gasteiger partial charge in [0.1, 0.15) is 17.3 Å². The zero-order valence-electron chi connectivity index (χ0n) is 11.7. The Morgan fingerprint density at radius 2 is 2.09 bits per heavy atom. The molecular weight excluding hydrogens is 304 g/mol. The van der Waals surface area contributed by atoms with Crippen molar-refractivity contribution in [1.29, 1.82) is 0 Å². The minimum atomic E-state index is -0.308. The molecule has 112 valence electrons. The number of halogens is 1. The van der Waals surface area contributed by atoms with Crippen LogP contribution in [0.2, 0.25) is 5.15 Å². The number of ether oxygens (including phenoxy) is 1. The van der Waals surface area contributed by atoms with Gasteiger partial charge < -0.3 is 9.15 Å². The molecule has 2 aromatic heterocycles. The minimum Gasteiger partial charge on any atom is -0.461 e. The number of fused-ring (bicyclic) bond motifs is 1. The van der Waals surface area contributed by atoms with Crippen molar-refractivity contribution in [3.63, 3.8) is 0 Å². The summed E-state index contributed by atoms with van der Waals surface area (Å²) in [5.41, 5.74) is 2.30. The number of hydrogen-bond donors (Lipinski definition) is 0. The van der Waals surface area contributed by atoms with Gasteiger partial charge in [0, 0.05) is 18.2 Å². The number of nitrogens with zero attached hydrogens (tertiary/aromatic N) is 2. The zero-order chi connectivity index (χ0) is 15.4. The van der Waals surface area contributed by atoms with Crippen molar-refractivity contribution >= 4 is 28.7 Å². The maximum absolute atomic E-state index is 11.7. The van der Waals surface area contributed by atoms with Gasteiger partial charge in [-0.25, -0.2) is 9.97 Å². The van der Waals surface area contributed by atoms with Crippen LogP contribution in [-0.4, -0.2) is 15.9 Å². The molecule has 0 amide bonds. The lowest BCUT2D eigenvalue weighted by molar-refractivity contribution is -0.145. The van der Waals surface area contributed by atoms with Crippen LogP contribution in [0.5, 0.6) is 0 Å². The molecule has 2 heterocycles. The number of para-hydroxylation sites is 2. The second-order valence-electron chi connectivity index (χ2n) is 4.73. The van der Waals surface area contributed by atoms with Gasteiger partial charge in [-0.3, -0.25) is 4.79 Å². The van der Waals surface area contributed by atoms with E-state index in [2.05, 4.69) is 9.97 Å². The first kappa shape index (κ1) is 14.5. The lowest BCUT2D eigenvalue weighted by atomic mass is 10.3. The average molecular weight is 317 g/mol. The van der Waals surface area contributed by atoms with Crippen molar-refractivity contribution in [2.75, 3.05) is 0 Å². The second-order valence-corrected chi connectivity index (χ2v) is 5.11. The van der Waals surface area contributed by atoms with Gasteiger partial charge >= 0.3 is 5.97 Å². The van der Waals surface area contributed by atoms with Crippen LogP contribution in [0, 0.1) is 0 Å². The van der Waals surface area contributed by atoms with Gasteiger partial charge in [0.2, 0.25) is 0 Å². The number of carbonyl (C=O) groups excluding carboxylic acids is 1. The fourth-order valence-electron chi connectivity index (χ4n) is 1.96. The normalized spacial score (nSPS) is 10.8. The van der Waals surface area contributed by atoms with E-state index in [1.807, 2.05) is 24.3 Å². The van der Waals surface area contributed by atoms with Crippen molar-refractivity contribution in [3.05, 3.63) is 59.2 Å². The van der Waals surface area contributed by atoms with Gasteiger partial charge in [0.05, 0.1) is 6.42 Å². The Labute approximate surface area is 131 Å². The molecule has 6 heteroatoms. The molecule has 0 N–H and O–H groups in total. The number of aromatic nitrogens is 2. The second kappa shape index (κ2) is 6.58. The van der Waals surface area contributed by atoms with Gasteiger partial charge in [-0.1, -0.05) is 29.8 Å². The highest BCUT2D eigenvalue weighted by atomic mass is 35.5. The number of aryl methyl sites for hydroxylation is 1. The summed E-state index contributed by atoms with van der Waals surface area (Å²) in [5, 5.41) is 0.408. The predicted molar refractivity (Wildman–Crippen MR) is 81.4 cm³/mol. The molecule has 1 aromatic carbocycles. The van der Waals surface area contributed by atoms with E-state index in [9.17, 15) is 4.79 Å². The van der Waals surface area contributed by atoms with Crippen molar-refractivity contribution in [3.8, 4) is 0 Å². The van der Waals surface area contributed by atoms with Gasteiger partial charge in [-0.15, -0.1) is 0 Å². The smallest absolute Gasteiger partial charge is 0.306 e. The average Bonchev–Trinajstić information content (AvgIpc) is 2.95. The molecule has 0 bridgehead atoms. The standard InChI is InChI=1S/C16H13ClN2O3/c17-14-6-5-11(9-18-14)10-21-16(20)8-7-15-19-12-3-1-2-4-13(12)22-15/h1-6,9H,7-8,10H2. The molecular formula is C16H13ClN2O3. The van der Waals surface area contributed by atoms with Crippen molar-refractivity contribution in [1.82, 2.24) is 9.97 Å². The molecule has 0 aliphatic carbocycles. The molecule has 0 saturated heterocycles. The minimum absolute atomic E-state index is 0.177. The summed E-state index contributed by atoms with van der Waals surface area (Å²) >= 11 is 5.69. The van der Waals surface area contributed by atoms with Crippen LogP contribution in [0.15, 0.2) is 47.0 Å². The van der Waals surface area contributed by atoms with Gasteiger partial charge in [0.25, 0.3) is 0 Å². The van der Waals surface area contributed by atoms with Crippen LogP contribution in [0.3, 0.4) is 0 Å². The largest absolute Gasteiger partial charge is 0.461 e. The molecule has 0 atom stereocenters. The number of benzene rings is 1. The van der Waals surface area contributed by atoms with E-state index in [1.54, 1.807) is 18.3 Å². The monoisotopic (exact) mass is 316 g/mol. The van der Waals surface area contributed by atoms with Crippen LogP contribution >= 0.6 is 11.6 Å². The third kappa shape index (κ3) is 3.62. The number of rotatable bonds is 5. The van der Waals surface area contributed by atoms with E-state index >= 15 is 0 Å². The van der Waals surface area contributed by atoms with E-state index in [0.29, 0.717) is 17.5 Å². The van der Waals surface area contributed by atoms with Crippen molar-refractivity contribution in [2.24, 2.45) is 0 Å². The first-order chi connectivity index (χ1) is 10.7. The Morgan fingerprint density at radius 1 is 1.23 bits per heavy atom. The fourth-order valence-corrected chi connectivity index (χ4v) is 2.08. The predicted octanol–water partition coefficient (Wildman–Crippen LogP) is 3.55. The number of esters is 1. The quantitative estimate of drug-likeness (QED) is 0.532. The number of oxazole rings is 1. The Kier molecular flexibility index (Phi) is 4.34.